The summed E-state index contributed by atoms with van der Waals surface area (Å²) < 4.78 is 7.59. The number of aliphatic hydroxyl groups is 1. The first-order valence-corrected chi connectivity index (χ1v) is 14.0. The summed E-state index contributed by atoms with van der Waals surface area (Å²) in [6.45, 7) is 9.91. The van der Waals surface area contributed by atoms with E-state index in [0.717, 1.165) is 58.0 Å². The number of fused-ring (bicyclic) bond motifs is 7. The zero-order chi connectivity index (χ0) is 25.5. The van der Waals surface area contributed by atoms with Crippen molar-refractivity contribution in [2.45, 2.75) is 77.4 Å². The van der Waals surface area contributed by atoms with E-state index in [4.69, 9.17) is 10.00 Å². The molecule has 194 valence electrons. The standard InChI is InChI=1S/C30H41N3O3/c1-5-30-23-7-6-19-15-27(2,35)11-12-29(19,18-36-4)22(23)8-10-28(30,3)26(21-14-24(21)30)25(34)17-33-13-9-20(16-31)32-33/h5,9,13,19,21-24,26,35H,1,6-8,10-12,14-15,17-18H2,2-4H3/t19-,21?,22?,23-,24?,26?,27-,28-,29-,30?/m1/s1. The van der Waals surface area contributed by atoms with Crippen LogP contribution in [0.25, 0.3) is 0 Å². The van der Waals surface area contributed by atoms with E-state index in [1.54, 1.807) is 16.9 Å². The third kappa shape index (κ3) is 3.08. The molecule has 6 rings (SSSR count). The van der Waals surface area contributed by atoms with Gasteiger partial charge in [-0.3, -0.25) is 9.48 Å². The molecule has 1 aromatic heterocycles. The topological polar surface area (TPSA) is 88.1 Å². The summed E-state index contributed by atoms with van der Waals surface area (Å²) in [5, 5.41) is 24.4. The van der Waals surface area contributed by atoms with E-state index in [1.165, 1.54) is 0 Å². The minimum absolute atomic E-state index is 0.0193. The Morgan fingerprint density at radius 1 is 1.28 bits per heavy atom. The maximum atomic E-state index is 13.9. The van der Waals surface area contributed by atoms with Gasteiger partial charge in [-0.05, 0) is 105 Å². The second-order valence-electron chi connectivity index (χ2n) is 13.4. The number of allylic oxidation sites excluding steroid dienone is 1. The van der Waals surface area contributed by atoms with Gasteiger partial charge in [0.1, 0.15) is 6.07 Å². The summed E-state index contributed by atoms with van der Waals surface area (Å²) in [5.74, 6) is 2.85. The summed E-state index contributed by atoms with van der Waals surface area (Å²) >= 11 is 0. The van der Waals surface area contributed by atoms with Crippen molar-refractivity contribution in [2.24, 2.45) is 51.8 Å². The van der Waals surface area contributed by atoms with E-state index in [9.17, 15) is 9.90 Å². The van der Waals surface area contributed by atoms with Crippen LogP contribution in [0.4, 0.5) is 0 Å². The van der Waals surface area contributed by atoms with Gasteiger partial charge in [0.2, 0.25) is 0 Å². The fourth-order valence-electron chi connectivity index (χ4n) is 10.7. The van der Waals surface area contributed by atoms with Gasteiger partial charge < -0.3 is 9.84 Å². The van der Waals surface area contributed by atoms with Crippen LogP contribution in [0.1, 0.15) is 70.9 Å². The summed E-state index contributed by atoms with van der Waals surface area (Å²) in [5.41, 5.74) is -0.204. The number of ether oxygens (including phenoxy) is 1. The van der Waals surface area contributed by atoms with Crippen molar-refractivity contribution in [1.29, 1.82) is 5.26 Å². The van der Waals surface area contributed by atoms with E-state index in [-0.39, 0.29) is 34.5 Å². The molecule has 0 spiro atoms. The maximum absolute atomic E-state index is 13.9. The number of methoxy groups -OCH3 is 1. The van der Waals surface area contributed by atoms with Crippen LogP contribution in [0.2, 0.25) is 0 Å². The van der Waals surface area contributed by atoms with Crippen LogP contribution in [0.15, 0.2) is 24.9 Å². The van der Waals surface area contributed by atoms with Crippen LogP contribution >= 0.6 is 0 Å². The highest BCUT2D eigenvalue weighted by Gasteiger charge is 2.78. The first-order chi connectivity index (χ1) is 17.2. The fraction of sp³-hybridized carbons (Fsp3) is 0.767. The number of Topliss-reactive ketones (excluding diaryl/α,β-unsaturated/α-hetero) is 1. The third-order valence-corrected chi connectivity index (χ3v) is 12.0. The predicted octanol–water partition coefficient (Wildman–Crippen LogP) is 4.77. The molecule has 0 aromatic carbocycles. The number of hydrogen-bond acceptors (Lipinski definition) is 5. The van der Waals surface area contributed by atoms with Gasteiger partial charge in [-0.15, -0.1) is 6.58 Å². The molecule has 5 aliphatic carbocycles. The Morgan fingerprint density at radius 2 is 2.08 bits per heavy atom. The molecule has 0 radical (unpaired) electrons. The Morgan fingerprint density at radius 3 is 2.78 bits per heavy atom. The molecule has 10 atom stereocenters. The molecule has 5 aliphatic rings. The highest BCUT2D eigenvalue weighted by molar-refractivity contribution is 5.83. The highest BCUT2D eigenvalue weighted by Crippen LogP contribution is 2.82. The molecule has 5 saturated carbocycles. The molecule has 0 bridgehead atoms. The minimum atomic E-state index is -0.571. The van der Waals surface area contributed by atoms with Crippen molar-refractivity contribution in [3.63, 3.8) is 0 Å². The van der Waals surface area contributed by atoms with Crippen molar-refractivity contribution in [3.05, 3.63) is 30.6 Å². The van der Waals surface area contributed by atoms with Gasteiger partial charge in [-0.25, -0.2) is 0 Å². The van der Waals surface area contributed by atoms with E-state index in [2.05, 4.69) is 30.7 Å². The Bertz CT molecular complexity index is 1120. The lowest BCUT2D eigenvalue weighted by Crippen LogP contribution is -2.62. The fourth-order valence-corrected chi connectivity index (χ4v) is 10.7. The zero-order valence-electron chi connectivity index (χ0n) is 22.1. The van der Waals surface area contributed by atoms with Gasteiger partial charge in [0, 0.05) is 24.6 Å². The first-order valence-electron chi connectivity index (χ1n) is 14.0. The normalized spacial score (nSPS) is 48.6. The molecule has 1 N–H and O–H groups in total. The quantitative estimate of drug-likeness (QED) is 0.579. The molecule has 6 nitrogen and oxygen atoms in total. The molecule has 6 heteroatoms. The number of nitrogens with zero attached hydrogens (tertiary/aromatic N) is 3. The van der Waals surface area contributed by atoms with Crippen LogP contribution in [0.5, 0.6) is 0 Å². The average Bonchev–Trinajstić information content (AvgIpc) is 3.39. The summed E-state index contributed by atoms with van der Waals surface area (Å²) in [4.78, 5) is 13.9. The van der Waals surface area contributed by atoms with E-state index in [0.29, 0.717) is 35.3 Å². The number of carbonyl (C=O) groups excluding carboxylic acids is 1. The van der Waals surface area contributed by atoms with Crippen LogP contribution in [0.3, 0.4) is 0 Å². The Kier molecular flexibility index (Phi) is 5.42. The molecule has 0 saturated heterocycles. The smallest absolute Gasteiger partial charge is 0.162 e. The largest absolute Gasteiger partial charge is 0.390 e. The van der Waals surface area contributed by atoms with Crippen LogP contribution < -0.4 is 0 Å². The van der Waals surface area contributed by atoms with Gasteiger partial charge in [0.15, 0.2) is 11.5 Å². The van der Waals surface area contributed by atoms with Gasteiger partial charge in [0.25, 0.3) is 0 Å². The second-order valence-corrected chi connectivity index (χ2v) is 13.4. The van der Waals surface area contributed by atoms with Crippen LogP contribution in [0, 0.1) is 63.1 Å². The average molecular weight is 492 g/mol. The monoisotopic (exact) mass is 491 g/mol. The number of hydrogen-bond donors (Lipinski definition) is 1. The van der Waals surface area contributed by atoms with Gasteiger partial charge in [-0.1, -0.05) is 13.0 Å². The van der Waals surface area contributed by atoms with Crippen molar-refractivity contribution < 1.29 is 14.6 Å². The lowest BCUT2D eigenvalue weighted by molar-refractivity contribution is -0.196. The molecule has 1 heterocycles. The highest BCUT2D eigenvalue weighted by atomic mass is 16.5. The molecular formula is C30H41N3O3. The number of rotatable bonds is 6. The molecular weight excluding hydrogens is 450 g/mol. The Hall–Kier alpha value is -1.97. The Labute approximate surface area is 215 Å². The van der Waals surface area contributed by atoms with Crippen LogP contribution in [-0.2, 0) is 16.1 Å². The van der Waals surface area contributed by atoms with Gasteiger partial charge >= 0.3 is 0 Å². The third-order valence-electron chi connectivity index (χ3n) is 12.0. The number of aromatic nitrogens is 2. The van der Waals surface area contributed by atoms with Gasteiger partial charge in [-0.2, -0.15) is 10.4 Å². The molecule has 5 fully saturated rings. The van der Waals surface area contributed by atoms with Crippen molar-refractivity contribution in [2.75, 3.05) is 13.7 Å². The molecule has 0 aliphatic heterocycles. The van der Waals surface area contributed by atoms with Crippen molar-refractivity contribution >= 4 is 5.78 Å². The van der Waals surface area contributed by atoms with E-state index >= 15 is 0 Å². The minimum Gasteiger partial charge on any atom is -0.390 e. The van der Waals surface area contributed by atoms with Crippen molar-refractivity contribution in [1.82, 2.24) is 9.78 Å². The molecule has 0 amide bonds. The number of ketones is 1. The molecule has 36 heavy (non-hydrogen) atoms. The number of nitriles is 1. The molecule has 5 unspecified atom stereocenters. The van der Waals surface area contributed by atoms with Crippen molar-refractivity contribution in [3.8, 4) is 6.07 Å². The van der Waals surface area contributed by atoms with E-state index < -0.39 is 5.60 Å². The zero-order valence-corrected chi connectivity index (χ0v) is 22.1. The second kappa shape index (κ2) is 8.01. The lowest BCUT2D eigenvalue weighted by atomic mass is 9.38. The van der Waals surface area contributed by atoms with Crippen LogP contribution in [-0.4, -0.2) is 40.0 Å². The lowest BCUT2D eigenvalue weighted by Gasteiger charge is -2.66. The van der Waals surface area contributed by atoms with E-state index in [1.807, 2.05) is 14.0 Å². The van der Waals surface area contributed by atoms with Gasteiger partial charge in [0.05, 0.1) is 18.8 Å². The summed E-state index contributed by atoms with van der Waals surface area (Å²) in [7, 11) is 1.84. The molecule has 1 aromatic rings. The maximum Gasteiger partial charge on any atom is 0.162 e. The number of carbonyl (C=O) groups is 1. The Balaban J connectivity index is 1.34. The first kappa shape index (κ1) is 24.4. The summed E-state index contributed by atoms with van der Waals surface area (Å²) in [6, 6.07) is 3.74. The predicted molar refractivity (Wildman–Crippen MR) is 135 cm³/mol. The SMILES string of the molecule is C=CC12C3CC3C(C(=O)Cn3ccc(C#N)n3)[C@@]1(C)CCC1[C@H]2CC[C@@H]2C[C@](C)(O)CC[C@]12COC. The summed E-state index contributed by atoms with van der Waals surface area (Å²) in [6.07, 6.45) is 12.4.